The molecule has 1 aromatic carbocycles. The van der Waals surface area contributed by atoms with E-state index in [0.717, 1.165) is 37.9 Å². The van der Waals surface area contributed by atoms with Crippen LogP contribution in [-0.4, -0.2) is 53.0 Å². The Kier molecular flexibility index (Phi) is 6.13. The Bertz CT molecular complexity index is 801. The summed E-state index contributed by atoms with van der Waals surface area (Å²) in [5.41, 5.74) is 7.26. The van der Waals surface area contributed by atoms with Crippen LogP contribution in [-0.2, 0) is 4.74 Å². The van der Waals surface area contributed by atoms with E-state index in [1.807, 2.05) is 7.05 Å². The van der Waals surface area contributed by atoms with E-state index in [9.17, 15) is 9.59 Å². The molecule has 1 aliphatic rings. The summed E-state index contributed by atoms with van der Waals surface area (Å²) < 4.78 is 5.61. The molecule has 0 radical (unpaired) electrons. The number of carbonyl (C=O) groups is 2. The second-order valence-electron chi connectivity index (χ2n) is 6.74. The fourth-order valence-electron chi connectivity index (χ4n) is 3.16. The highest BCUT2D eigenvalue weighted by Crippen LogP contribution is 2.19. The van der Waals surface area contributed by atoms with Crippen LogP contribution in [0.15, 0.2) is 36.7 Å². The quantitative estimate of drug-likeness (QED) is 0.808. The zero-order chi connectivity index (χ0) is 19.2. The van der Waals surface area contributed by atoms with Gasteiger partial charge in [0.2, 0.25) is 0 Å². The van der Waals surface area contributed by atoms with Crippen molar-refractivity contribution >= 4 is 11.8 Å². The van der Waals surface area contributed by atoms with Crippen LogP contribution in [0, 0.1) is 0 Å². The second kappa shape index (κ2) is 8.73. The molecular formula is C20H24N4O3. The molecule has 2 amide bonds. The molecule has 27 heavy (non-hydrogen) atoms. The minimum atomic E-state index is -0.624. The molecule has 2 aromatic rings. The summed E-state index contributed by atoms with van der Waals surface area (Å²) in [4.78, 5) is 33.7. The first-order chi connectivity index (χ1) is 13.0. The van der Waals surface area contributed by atoms with Gasteiger partial charge in [-0.05, 0) is 37.8 Å². The number of primary amides is 1. The molecule has 1 atom stereocenters. The van der Waals surface area contributed by atoms with Crippen molar-refractivity contribution in [3.05, 3.63) is 47.9 Å². The van der Waals surface area contributed by atoms with Gasteiger partial charge in [-0.15, -0.1) is 0 Å². The van der Waals surface area contributed by atoms with Crippen molar-refractivity contribution in [2.45, 2.75) is 31.8 Å². The third kappa shape index (κ3) is 4.89. The van der Waals surface area contributed by atoms with Gasteiger partial charge in [-0.3, -0.25) is 14.6 Å². The first-order valence-corrected chi connectivity index (χ1v) is 9.14. The van der Waals surface area contributed by atoms with Gasteiger partial charge in [0, 0.05) is 31.3 Å². The topological polar surface area (TPSA) is 98.4 Å². The number of benzene rings is 1. The molecular weight excluding hydrogens is 344 g/mol. The highest BCUT2D eigenvalue weighted by atomic mass is 16.5. The number of nitrogens with two attached hydrogens (primary N) is 1. The van der Waals surface area contributed by atoms with Crippen LogP contribution in [0.3, 0.4) is 0 Å². The standard InChI is InChI=1S/C20H24N4O3/c1-24(10-2-4-16-5-3-11-27-16)20(26)15-8-6-14(7-9-15)17-12-22-13-18(23-17)19(21)25/h6-9,12-13,16H,2-5,10-11H2,1H3,(H2,21,25)/t16-/m1/s1. The molecule has 7 nitrogen and oxygen atoms in total. The van der Waals surface area contributed by atoms with E-state index < -0.39 is 5.91 Å². The van der Waals surface area contributed by atoms with Gasteiger partial charge in [-0.2, -0.15) is 0 Å². The molecule has 2 N–H and O–H groups in total. The normalized spacial score (nSPS) is 16.3. The van der Waals surface area contributed by atoms with E-state index in [1.54, 1.807) is 35.4 Å². The van der Waals surface area contributed by atoms with Crippen LogP contribution < -0.4 is 5.73 Å². The molecule has 7 heteroatoms. The van der Waals surface area contributed by atoms with Crippen molar-refractivity contribution in [3.63, 3.8) is 0 Å². The molecule has 1 fully saturated rings. The summed E-state index contributed by atoms with van der Waals surface area (Å²) in [5, 5.41) is 0. The van der Waals surface area contributed by atoms with Crippen molar-refractivity contribution in [2.75, 3.05) is 20.2 Å². The number of carbonyl (C=O) groups excluding carboxylic acids is 2. The molecule has 3 rings (SSSR count). The van der Waals surface area contributed by atoms with Crippen LogP contribution in [0.25, 0.3) is 11.3 Å². The molecule has 0 bridgehead atoms. The van der Waals surface area contributed by atoms with Crippen molar-refractivity contribution in [2.24, 2.45) is 5.73 Å². The number of amides is 2. The zero-order valence-electron chi connectivity index (χ0n) is 15.4. The Morgan fingerprint density at radius 2 is 2.04 bits per heavy atom. The van der Waals surface area contributed by atoms with Crippen LogP contribution >= 0.6 is 0 Å². The average molecular weight is 368 g/mol. The number of nitrogens with zero attached hydrogens (tertiary/aromatic N) is 3. The van der Waals surface area contributed by atoms with Gasteiger partial charge in [-0.25, -0.2) is 4.98 Å². The maximum atomic E-state index is 12.6. The predicted octanol–water partition coefficient (Wildman–Crippen LogP) is 2.27. The summed E-state index contributed by atoms with van der Waals surface area (Å²) in [6.45, 7) is 1.56. The number of hydrogen-bond donors (Lipinski definition) is 1. The van der Waals surface area contributed by atoms with Crippen LogP contribution in [0.2, 0.25) is 0 Å². The predicted molar refractivity (Wildman–Crippen MR) is 101 cm³/mol. The summed E-state index contributed by atoms with van der Waals surface area (Å²) in [7, 11) is 1.81. The Hall–Kier alpha value is -2.80. The third-order valence-electron chi connectivity index (χ3n) is 4.70. The summed E-state index contributed by atoms with van der Waals surface area (Å²) in [5.74, 6) is -0.647. The highest BCUT2D eigenvalue weighted by molar-refractivity contribution is 5.94. The van der Waals surface area contributed by atoms with Gasteiger partial charge in [-0.1, -0.05) is 12.1 Å². The van der Waals surface area contributed by atoms with E-state index in [4.69, 9.17) is 10.5 Å². The number of ether oxygens (including phenoxy) is 1. The zero-order valence-corrected chi connectivity index (χ0v) is 15.4. The van der Waals surface area contributed by atoms with Crippen LogP contribution in [0.4, 0.5) is 0 Å². The molecule has 1 aliphatic heterocycles. The molecule has 0 aliphatic carbocycles. The van der Waals surface area contributed by atoms with E-state index in [0.29, 0.717) is 23.9 Å². The number of aromatic nitrogens is 2. The smallest absolute Gasteiger partial charge is 0.268 e. The van der Waals surface area contributed by atoms with Gasteiger partial charge < -0.3 is 15.4 Å². The Labute approximate surface area is 158 Å². The van der Waals surface area contributed by atoms with Gasteiger partial charge in [0.15, 0.2) is 0 Å². The first-order valence-electron chi connectivity index (χ1n) is 9.14. The fraction of sp³-hybridized carbons (Fsp3) is 0.400. The Morgan fingerprint density at radius 3 is 2.70 bits per heavy atom. The average Bonchev–Trinajstić information content (AvgIpc) is 3.21. The largest absolute Gasteiger partial charge is 0.378 e. The van der Waals surface area contributed by atoms with E-state index in [2.05, 4.69) is 9.97 Å². The fourth-order valence-corrected chi connectivity index (χ4v) is 3.16. The highest BCUT2D eigenvalue weighted by Gasteiger charge is 2.17. The third-order valence-corrected chi connectivity index (χ3v) is 4.70. The lowest BCUT2D eigenvalue weighted by atomic mass is 10.1. The Morgan fingerprint density at radius 1 is 1.26 bits per heavy atom. The van der Waals surface area contributed by atoms with Crippen molar-refractivity contribution in [1.82, 2.24) is 14.9 Å². The molecule has 1 saturated heterocycles. The van der Waals surface area contributed by atoms with E-state index >= 15 is 0 Å². The molecule has 0 spiro atoms. The molecule has 0 unspecified atom stereocenters. The SMILES string of the molecule is CN(CCC[C@@H]1CCCO1)C(=O)c1ccc(-c2cncc(C(N)=O)n2)cc1. The molecule has 142 valence electrons. The van der Waals surface area contributed by atoms with Crippen LogP contribution in [0.1, 0.15) is 46.5 Å². The van der Waals surface area contributed by atoms with Crippen molar-refractivity contribution < 1.29 is 14.3 Å². The minimum Gasteiger partial charge on any atom is -0.378 e. The van der Waals surface area contributed by atoms with Crippen molar-refractivity contribution in [1.29, 1.82) is 0 Å². The number of rotatable bonds is 7. The summed E-state index contributed by atoms with van der Waals surface area (Å²) >= 11 is 0. The van der Waals surface area contributed by atoms with Gasteiger partial charge in [0.25, 0.3) is 11.8 Å². The monoisotopic (exact) mass is 368 g/mol. The van der Waals surface area contributed by atoms with E-state index in [-0.39, 0.29) is 11.6 Å². The summed E-state index contributed by atoms with van der Waals surface area (Å²) in [6, 6.07) is 7.10. The molecule has 0 saturated carbocycles. The van der Waals surface area contributed by atoms with Gasteiger partial charge >= 0.3 is 0 Å². The Balaban J connectivity index is 1.59. The lowest BCUT2D eigenvalue weighted by molar-refractivity contribution is 0.0763. The van der Waals surface area contributed by atoms with Crippen LogP contribution in [0.5, 0.6) is 0 Å². The lowest BCUT2D eigenvalue weighted by Gasteiger charge is -2.18. The number of hydrogen-bond acceptors (Lipinski definition) is 5. The van der Waals surface area contributed by atoms with Crippen molar-refractivity contribution in [3.8, 4) is 11.3 Å². The minimum absolute atomic E-state index is 0.0224. The second-order valence-corrected chi connectivity index (χ2v) is 6.74. The van der Waals surface area contributed by atoms with Gasteiger partial charge in [0.1, 0.15) is 5.69 Å². The van der Waals surface area contributed by atoms with Gasteiger partial charge in [0.05, 0.1) is 24.2 Å². The van der Waals surface area contributed by atoms with E-state index in [1.165, 1.54) is 6.20 Å². The molecule has 1 aromatic heterocycles. The maximum Gasteiger partial charge on any atom is 0.268 e. The first kappa shape index (κ1) is 19.0. The molecule has 2 heterocycles. The summed E-state index contributed by atoms with van der Waals surface area (Å²) in [6.07, 6.45) is 7.42. The maximum absolute atomic E-state index is 12.6. The lowest BCUT2D eigenvalue weighted by Crippen LogP contribution is -2.28.